The molecule has 2 heterocycles. The lowest BCUT2D eigenvalue weighted by atomic mass is 10.1. The van der Waals surface area contributed by atoms with Gasteiger partial charge in [0.2, 0.25) is 10.0 Å². The fourth-order valence-electron chi connectivity index (χ4n) is 3.94. The van der Waals surface area contributed by atoms with Crippen molar-refractivity contribution in [3.63, 3.8) is 0 Å². The van der Waals surface area contributed by atoms with Crippen molar-refractivity contribution in [3.8, 4) is 0 Å². The van der Waals surface area contributed by atoms with Gasteiger partial charge in [-0.25, -0.2) is 22.2 Å². The number of benzene rings is 2. The number of thiazole rings is 1. The van der Waals surface area contributed by atoms with Gasteiger partial charge in [-0.3, -0.25) is 4.79 Å². The number of hydrogen-bond acceptors (Lipinski definition) is 7. The summed E-state index contributed by atoms with van der Waals surface area (Å²) in [6.07, 6.45) is 3.24. The minimum atomic E-state index is -4.16. The van der Waals surface area contributed by atoms with Crippen molar-refractivity contribution in [2.45, 2.75) is 11.4 Å². The summed E-state index contributed by atoms with van der Waals surface area (Å²) in [6, 6.07) is 7.42. The maximum Gasteiger partial charge on any atom is 0.259 e. The van der Waals surface area contributed by atoms with E-state index in [9.17, 15) is 22.0 Å². The van der Waals surface area contributed by atoms with Crippen LogP contribution in [0.3, 0.4) is 0 Å². The van der Waals surface area contributed by atoms with Crippen molar-refractivity contribution < 1.29 is 31.5 Å². The van der Waals surface area contributed by atoms with Gasteiger partial charge in [0.05, 0.1) is 29.4 Å². The summed E-state index contributed by atoms with van der Waals surface area (Å²) in [7, 11) is -1.20. The number of amides is 1. The first-order valence-corrected chi connectivity index (χ1v) is 13.6. The lowest BCUT2D eigenvalue weighted by molar-refractivity contribution is -0.113. The third-order valence-electron chi connectivity index (χ3n) is 5.81. The van der Waals surface area contributed by atoms with Crippen molar-refractivity contribution in [3.05, 3.63) is 75.7 Å². The Balaban J connectivity index is 1.76. The molecule has 0 radical (unpaired) electrons. The number of carbonyl (C=O) groups is 1. The van der Waals surface area contributed by atoms with Gasteiger partial charge in [0.1, 0.15) is 16.6 Å². The Morgan fingerprint density at radius 1 is 1.11 bits per heavy atom. The van der Waals surface area contributed by atoms with Gasteiger partial charge in [-0.15, -0.1) is 11.3 Å². The molecule has 1 aromatic heterocycles. The van der Waals surface area contributed by atoms with Crippen LogP contribution < -0.4 is 4.90 Å². The van der Waals surface area contributed by atoms with Crippen LogP contribution in [0.4, 0.5) is 14.5 Å². The Bertz CT molecular complexity index is 1410. The van der Waals surface area contributed by atoms with Crippen molar-refractivity contribution in [2.24, 2.45) is 0 Å². The summed E-state index contributed by atoms with van der Waals surface area (Å²) in [5.74, 6) is -1.89. The van der Waals surface area contributed by atoms with E-state index in [4.69, 9.17) is 9.47 Å². The van der Waals surface area contributed by atoms with E-state index in [0.717, 1.165) is 10.4 Å². The van der Waals surface area contributed by atoms with Gasteiger partial charge in [0.15, 0.2) is 0 Å². The first-order chi connectivity index (χ1) is 17.8. The zero-order valence-electron chi connectivity index (χ0n) is 20.2. The molecule has 37 heavy (non-hydrogen) atoms. The van der Waals surface area contributed by atoms with Crippen molar-refractivity contribution >= 4 is 44.6 Å². The zero-order chi connectivity index (χ0) is 26.6. The molecule has 1 aliphatic rings. The third kappa shape index (κ3) is 5.78. The number of carbonyl (C=O) groups excluding carboxylic acids is 1. The highest BCUT2D eigenvalue weighted by Gasteiger charge is 2.35. The van der Waals surface area contributed by atoms with Crippen LogP contribution in [-0.4, -0.2) is 64.1 Å². The molecule has 0 atom stereocenters. The van der Waals surface area contributed by atoms with Crippen LogP contribution in [0.2, 0.25) is 0 Å². The van der Waals surface area contributed by atoms with Crippen LogP contribution in [-0.2, 0) is 30.8 Å². The van der Waals surface area contributed by atoms with Crippen molar-refractivity contribution in [2.75, 3.05) is 45.4 Å². The number of nitrogens with zero attached hydrogens (tertiary/aromatic N) is 3. The van der Waals surface area contributed by atoms with E-state index in [1.54, 1.807) is 23.7 Å². The Labute approximate surface area is 217 Å². The maximum absolute atomic E-state index is 14.4. The molecule has 0 saturated carbocycles. The van der Waals surface area contributed by atoms with E-state index in [0.29, 0.717) is 34.5 Å². The van der Waals surface area contributed by atoms with Crippen LogP contribution in [0.15, 0.2) is 52.9 Å². The van der Waals surface area contributed by atoms with Gasteiger partial charge in [-0.05, 0) is 30.3 Å². The number of methoxy groups -OCH3 is 2. The fourth-order valence-corrected chi connectivity index (χ4v) is 5.93. The van der Waals surface area contributed by atoms with Gasteiger partial charge >= 0.3 is 0 Å². The van der Waals surface area contributed by atoms with Crippen molar-refractivity contribution in [1.29, 1.82) is 0 Å². The Morgan fingerprint density at radius 3 is 2.57 bits per heavy atom. The normalized spacial score (nSPS) is 14.7. The van der Waals surface area contributed by atoms with Gasteiger partial charge in [-0.1, -0.05) is 6.07 Å². The molecule has 12 heteroatoms. The molecule has 1 amide bonds. The van der Waals surface area contributed by atoms with Crippen LogP contribution >= 0.6 is 11.3 Å². The molecule has 0 aliphatic carbocycles. The van der Waals surface area contributed by atoms with E-state index in [2.05, 4.69) is 4.98 Å². The number of sulfonamides is 1. The largest absolute Gasteiger partial charge is 0.383 e. The summed E-state index contributed by atoms with van der Waals surface area (Å²) >= 11 is 1.35. The van der Waals surface area contributed by atoms with Crippen LogP contribution in [0.1, 0.15) is 16.1 Å². The number of hydrogen-bond donors (Lipinski definition) is 0. The highest BCUT2D eigenvalue weighted by molar-refractivity contribution is 7.89. The molecular weight excluding hydrogens is 524 g/mol. The second kappa shape index (κ2) is 11.6. The molecule has 0 unspecified atom stereocenters. The molecule has 0 bridgehead atoms. The molecule has 196 valence electrons. The number of rotatable bonds is 11. The van der Waals surface area contributed by atoms with E-state index in [1.807, 2.05) is 0 Å². The average molecular weight is 550 g/mol. The Hall–Kier alpha value is -3.03. The SMILES string of the molecule is COCCN1C(=O)/C(=C/c2nccs2)c2cc(S(=O)(=O)N(CCOC)Cc3ccc(F)cc3F)ccc21. The molecule has 0 spiro atoms. The summed E-state index contributed by atoms with van der Waals surface area (Å²) in [5.41, 5.74) is 1.33. The van der Waals surface area contributed by atoms with E-state index in [1.165, 1.54) is 48.7 Å². The second-order valence-corrected chi connectivity index (χ2v) is 11.0. The molecule has 1 aliphatic heterocycles. The van der Waals surface area contributed by atoms with Gasteiger partial charge < -0.3 is 14.4 Å². The average Bonchev–Trinajstić information content (AvgIpc) is 3.48. The molecule has 0 fully saturated rings. The monoisotopic (exact) mass is 549 g/mol. The lowest BCUT2D eigenvalue weighted by Crippen LogP contribution is -2.34. The summed E-state index contributed by atoms with van der Waals surface area (Å²) in [4.78, 5) is 18.9. The van der Waals surface area contributed by atoms with Crippen LogP contribution in [0, 0.1) is 11.6 Å². The molecule has 4 rings (SSSR count). The summed E-state index contributed by atoms with van der Waals surface area (Å²) in [5, 5.41) is 2.38. The smallest absolute Gasteiger partial charge is 0.259 e. The number of aromatic nitrogens is 1. The highest BCUT2D eigenvalue weighted by atomic mass is 32.2. The van der Waals surface area contributed by atoms with E-state index < -0.39 is 21.7 Å². The summed E-state index contributed by atoms with van der Waals surface area (Å²) < 4.78 is 66.4. The van der Waals surface area contributed by atoms with Crippen molar-refractivity contribution in [1.82, 2.24) is 9.29 Å². The highest BCUT2D eigenvalue weighted by Crippen LogP contribution is 2.39. The van der Waals surface area contributed by atoms with Gasteiger partial charge in [0.25, 0.3) is 5.91 Å². The summed E-state index contributed by atoms with van der Waals surface area (Å²) in [6.45, 7) is 0.256. The number of anilines is 1. The topological polar surface area (TPSA) is 89.0 Å². The molecular formula is C25H25F2N3O5S2. The lowest BCUT2D eigenvalue weighted by Gasteiger charge is -2.23. The minimum absolute atomic E-state index is 0.0208. The fraction of sp³-hybridized carbons (Fsp3) is 0.280. The number of halogens is 2. The quantitative estimate of drug-likeness (QED) is 0.338. The minimum Gasteiger partial charge on any atom is -0.383 e. The Kier molecular flexibility index (Phi) is 8.45. The van der Waals surface area contributed by atoms with Crippen LogP contribution in [0.25, 0.3) is 11.6 Å². The third-order valence-corrected chi connectivity index (χ3v) is 8.37. The number of fused-ring (bicyclic) bond motifs is 1. The van der Waals surface area contributed by atoms with Crippen LogP contribution in [0.5, 0.6) is 0 Å². The maximum atomic E-state index is 14.4. The molecule has 3 aromatic rings. The standard InChI is InChI=1S/C25H25F2N3O5S2/c1-34-10-8-29(16-17-3-4-18(26)13-22(17)27)37(32,33)19-5-6-23-20(14-19)21(15-24-28-7-12-36-24)25(31)30(23)9-11-35-2/h3-7,12-15H,8-11,16H2,1-2H3/b21-15+. The molecule has 0 saturated heterocycles. The predicted octanol–water partition coefficient (Wildman–Crippen LogP) is 3.79. The van der Waals surface area contributed by atoms with E-state index in [-0.39, 0.29) is 42.6 Å². The molecule has 0 N–H and O–H groups in total. The predicted molar refractivity (Wildman–Crippen MR) is 136 cm³/mol. The van der Waals surface area contributed by atoms with Gasteiger partial charge in [0, 0.05) is 62.6 Å². The number of ether oxygens (including phenoxy) is 2. The first-order valence-electron chi connectivity index (χ1n) is 11.3. The second-order valence-electron chi connectivity index (χ2n) is 8.12. The van der Waals surface area contributed by atoms with E-state index >= 15 is 0 Å². The Morgan fingerprint density at radius 2 is 1.89 bits per heavy atom. The molecule has 8 nitrogen and oxygen atoms in total. The first kappa shape index (κ1) is 27.0. The zero-order valence-corrected chi connectivity index (χ0v) is 21.8. The molecule has 2 aromatic carbocycles. The van der Waals surface area contributed by atoms with Gasteiger partial charge in [-0.2, -0.15) is 4.31 Å².